The van der Waals surface area contributed by atoms with Crippen molar-refractivity contribution in [2.45, 2.75) is 20.5 Å². The molecule has 0 N–H and O–H groups in total. The summed E-state index contributed by atoms with van der Waals surface area (Å²) in [5, 5.41) is 0. The zero-order valence-corrected chi connectivity index (χ0v) is 16.4. The molecule has 0 spiro atoms. The minimum absolute atomic E-state index is 0.274. The zero-order valence-electron chi connectivity index (χ0n) is 16.4. The molecule has 1 aliphatic rings. The average molecular weight is 383 g/mol. The number of carbonyl (C=O) groups is 1. The molecule has 0 unspecified atom stereocenters. The molecule has 0 bridgehead atoms. The molecule has 0 saturated carbocycles. The molecular formula is C25H21NO3. The lowest BCUT2D eigenvalue weighted by molar-refractivity contribution is -0.129. The van der Waals surface area contributed by atoms with Crippen LogP contribution in [0, 0.1) is 13.8 Å². The summed E-state index contributed by atoms with van der Waals surface area (Å²) in [6.07, 6.45) is 1.71. The first-order chi connectivity index (χ1) is 14.1. The lowest BCUT2D eigenvalue weighted by Crippen LogP contribution is -2.05. The van der Waals surface area contributed by atoms with E-state index in [2.05, 4.69) is 36.2 Å². The number of nitrogens with zero attached hydrogens (tertiary/aromatic N) is 1. The summed E-state index contributed by atoms with van der Waals surface area (Å²) in [5.74, 6) is 0.605. The van der Waals surface area contributed by atoms with Crippen LogP contribution in [0.3, 0.4) is 0 Å². The van der Waals surface area contributed by atoms with Crippen LogP contribution < -0.4 is 4.74 Å². The number of ether oxygens (including phenoxy) is 2. The van der Waals surface area contributed by atoms with E-state index >= 15 is 0 Å². The topological polar surface area (TPSA) is 47.9 Å². The van der Waals surface area contributed by atoms with Crippen LogP contribution in [-0.2, 0) is 16.1 Å². The third kappa shape index (κ3) is 4.61. The van der Waals surface area contributed by atoms with Crippen molar-refractivity contribution >= 4 is 17.9 Å². The maximum Gasteiger partial charge on any atom is 0.363 e. The van der Waals surface area contributed by atoms with Gasteiger partial charge < -0.3 is 9.47 Å². The molecule has 1 aliphatic heterocycles. The van der Waals surface area contributed by atoms with Crippen LogP contribution in [-0.4, -0.2) is 11.9 Å². The highest BCUT2D eigenvalue weighted by atomic mass is 16.6. The summed E-state index contributed by atoms with van der Waals surface area (Å²) in [5.41, 5.74) is 5.34. The smallest absolute Gasteiger partial charge is 0.363 e. The van der Waals surface area contributed by atoms with Crippen LogP contribution >= 0.6 is 0 Å². The van der Waals surface area contributed by atoms with E-state index in [1.807, 2.05) is 55.5 Å². The van der Waals surface area contributed by atoms with Crippen molar-refractivity contribution in [3.8, 4) is 5.75 Å². The first kappa shape index (κ1) is 18.7. The third-order valence-electron chi connectivity index (χ3n) is 4.61. The van der Waals surface area contributed by atoms with Crippen LogP contribution in [0.2, 0.25) is 0 Å². The molecule has 0 saturated heterocycles. The minimum Gasteiger partial charge on any atom is -0.489 e. The number of aliphatic imine (C=N–C) groups is 1. The molecule has 4 rings (SSSR count). The third-order valence-corrected chi connectivity index (χ3v) is 4.61. The summed E-state index contributed by atoms with van der Waals surface area (Å²) in [6.45, 7) is 4.55. The molecule has 4 nitrogen and oxygen atoms in total. The zero-order chi connectivity index (χ0) is 20.2. The van der Waals surface area contributed by atoms with Crippen LogP contribution in [0.15, 0.2) is 83.5 Å². The summed E-state index contributed by atoms with van der Waals surface area (Å²) in [4.78, 5) is 16.6. The van der Waals surface area contributed by atoms with Gasteiger partial charge in [0.1, 0.15) is 12.4 Å². The van der Waals surface area contributed by atoms with Crippen molar-refractivity contribution < 1.29 is 14.3 Å². The predicted molar refractivity (Wildman–Crippen MR) is 114 cm³/mol. The molecular weight excluding hydrogens is 362 g/mol. The Labute approximate surface area is 170 Å². The Morgan fingerprint density at radius 1 is 0.931 bits per heavy atom. The highest BCUT2D eigenvalue weighted by Crippen LogP contribution is 2.22. The summed E-state index contributed by atoms with van der Waals surface area (Å²) < 4.78 is 11.2. The summed E-state index contributed by atoms with van der Waals surface area (Å²) in [6, 6.07) is 23.5. The maximum absolute atomic E-state index is 12.2. The lowest BCUT2D eigenvalue weighted by atomic mass is 10.1. The van der Waals surface area contributed by atoms with E-state index in [4.69, 9.17) is 9.47 Å². The van der Waals surface area contributed by atoms with Gasteiger partial charge in [0, 0.05) is 5.56 Å². The van der Waals surface area contributed by atoms with Crippen molar-refractivity contribution in [1.29, 1.82) is 0 Å². The van der Waals surface area contributed by atoms with Crippen molar-refractivity contribution in [1.82, 2.24) is 0 Å². The van der Waals surface area contributed by atoms with Gasteiger partial charge in [-0.1, -0.05) is 59.7 Å². The van der Waals surface area contributed by atoms with Gasteiger partial charge in [0.25, 0.3) is 0 Å². The number of hydrogen-bond acceptors (Lipinski definition) is 4. The SMILES string of the molecule is Cc1ccc(COc2cccc(/C=C3\N=C(c4ccc(C)cc4)OC3=O)c2)cc1. The largest absolute Gasteiger partial charge is 0.489 e. The summed E-state index contributed by atoms with van der Waals surface area (Å²) >= 11 is 0. The van der Waals surface area contributed by atoms with Crippen LogP contribution in [0.25, 0.3) is 6.08 Å². The molecule has 3 aromatic carbocycles. The summed E-state index contributed by atoms with van der Waals surface area (Å²) in [7, 11) is 0. The van der Waals surface area contributed by atoms with E-state index < -0.39 is 5.97 Å². The molecule has 0 fully saturated rings. The van der Waals surface area contributed by atoms with Gasteiger partial charge in [-0.05, 0) is 55.3 Å². The Morgan fingerprint density at radius 3 is 2.34 bits per heavy atom. The molecule has 0 radical (unpaired) electrons. The van der Waals surface area contributed by atoms with Gasteiger partial charge in [0.15, 0.2) is 5.70 Å². The van der Waals surface area contributed by atoms with E-state index in [0.717, 1.165) is 28.0 Å². The van der Waals surface area contributed by atoms with Crippen molar-refractivity contribution in [3.63, 3.8) is 0 Å². The molecule has 1 heterocycles. The Morgan fingerprint density at radius 2 is 1.62 bits per heavy atom. The van der Waals surface area contributed by atoms with Gasteiger partial charge >= 0.3 is 5.97 Å². The highest BCUT2D eigenvalue weighted by molar-refractivity contribution is 6.12. The second-order valence-corrected chi connectivity index (χ2v) is 7.05. The van der Waals surface area contributed by atoms with E-state index in [9.17, 15) is 4.79 Å². The number of cyclic esters (lactones) is 1. The number of rotatable bonds is 5. The van der Waals surface area contributed by atoms with Gasteiger partial charge in [-0.3, -0.25) is 0 Å². The number of esters is 1. The van der Waals surface area contributed by atoms with Crippen LogP contribution in [0.4, 0.5) is 0 Å². The van der Waals surface area contributed by atoms with Gasteiger partial charge in [0.05, 0.1) is 0 Å². The fraction of sp³-hybridized carbons (Fsp3) is 0.120. The van der Waals surface area contributed by atoms with E-state index in [0.29, 0.717) is 12.5 Å². The monoisotopic (exact) mass is 383 g/mol. The Balaban J connectivity index is 1.50. The lowest BCUT2D eigenvalue weighted by Gasteiger charge is -2.07. The second-order valence-electron chi connectivity index (χ2n) is 7.05. The normalized spacial score (nSPS) is 14.6. The van der Waals surface area contributed by atoms with E-state index in [1.54, 1.807) is 6.08 Å². The quantitative estimate of drug-likeness (QED) is 0.448. The standard InChI is InChI=1S/C25H21NO3/c1-17-6-10-19(11-7-17)16-28-22-5-3-4-20(14-22)15-23-25(27)29-24(26-23)21-12-8-18(2)9-13-21/h3-15H,16H2,1-2H3/b23-15-. The fourth-order valence-corrected chi connectivity index (χ4v) is 2.93. The first-order valence-corrected chi connectivity index (χ1v) is 9.45. The Hall–Kier alpha value is -3.66. The molecule has 4 heteroatoms. The molecule has 0 atom stereocenters. The van der Waals surface area contributed by atoms with Crippen molar-refractivity contribution in [3.05, 3.63) is 106 Å². The number of aryl methyl sites for hydroxylation is 2. The Bertz CT molecular complexity index is 1090. The minimum atomic E-state index is -0.452. The molecule has 29 heavy (non-hydrogen) atoms. The number of hydrogen-bond donors (Lipinski definition) is 0. The second kappa shape index (κ2) is 8.15. The molecule has 144 valence electrons. The highest BCUT2D eigenvalue weighted by Gasteiger charge is 2.24. The van der Waals surface area contributed by atoms with E-state index in [1.165, 1.54) is 5.56 Å². The van der Waals surface area contributed by atoms with Crippen LogP contribution in [0.5, 0.6) is 5.75 Å². The molecule has 0 amide bonds. The first-order valence-electron chi connectivity index (χ1n) is 9.45. The fourth-order valence-electron chi connectivity index (χ4n) is 2.93. The number of benzene rings is 3. The molecule has 0 aromatic heterocycles. The van der Waals surface area contributed by atoms with E-state index in [-0.39, 0.29) is 5.70 Å². The van der Waals surface area contributed by atoms with Crippen LogP contribution in [0.1, 0.15) is 27.8 Å². The van der Waals surface area contributed by atoms with Crippen molar-refractivity contribution in [2.75, 3.05) is 0 Å². The maximum atomic E-state index is 12.2. The van der Waals surface area contributed by atoms with Crippen molar-refractivity contribution in [2.24, 2.45) is 4.99 Å². The molecule has 3 aromatic rings. The number of carbonyl (C=O) groups excluding carboxylic acids is 1. The predicted octanol–water partition coefficient (Wildman–Crippen LogP) is 5.23. The van der Waals surface area contributed by atoms with Gasteiger partial charge in [-0.2, -0.15) is 0 Å². The average Bonchev–Trinajstić information content (AvgIpc) is 3.09. The van der Waals surface area contributed by atoms with Gasteiger partial charge in [-0.25, -0.2) is 9.79 Å². The van der Waals surface area contributed by atoms with Gasteiger partial charge in [-0.15, -0.1) is 0 Å². The molecule has 0 aliphatic carbocycles. The van der Waals surface area contributed by atoms with Gasteiger partial charge in [0.2, 0.25) is 5.90 Å². The Kier molecular flexibility index (Phi) is 5.25.